The molecule has 0 radical (unpaired) electrons. The van der Waals surface area contributed by atoms with Crippen LogP contribution in [0, 0.1) is 10.1 Å². The number of nitrogens with zero attached hydrogens (tertiary/aromatic N) is 3. The van der Waals surface area contributed by atoms with Gasteiger partial charge in [0.15, 0.2) is 11.8 Å². The molecule has 0 atom stereocenters. The van der Waals surface area contributed by atoms with Crippen LogP contribution < -0.4 is 10.1 Å². The third-order valence-electron chi connectivity index (χ3n) is 2.49. The van der Waals surface area contributed by atoms with Crippen LogP contribution in [-0.4, -0.2) is 45.6 Å². The van der Waals surface area contributed by atoms with Crippen molar-refractivity contribution in [1.82, 2.24) is 5.32 Å². The molecule has 23 heavy (non-hydrogen) atoms. The third kappa shape index (κ3) is 4.78. The molecule has 1 amide bonds. The molecule has 1 saturated heterocycles. The molecule has 0 bridgehead atoms. The van der Waals surface area contributed by atoms with Gasteiger partial charge in [0.2, 0.25) is 5.91 Å². The average molecular weight is 338 g/mol. The van der Waals surface area contributed by atoms with Gasteiger partial charge < -0.3 is 15.2 Å². The Hall–Kier alpha value is -2.95. The zero-order chi connectivity index (χ0) is 16.8. The van der Waals surface area contributed by atoms with Crippen molar-refractivity contribution in [1.29, 1.82) is 0 Å². The van der Waals surface area contributed by atoms with Crippen molar-refractivity contribution in [3.05, 3.63) is 33.9 Å². The van der Waals surface area contributed by atoms with E-state index < -0.39 is 17.5 Å². The molecule has 10 nitrogen and oxygen atoms in total. The number of carboxylic acids is 1. The maximum absolute atomic E-state index is 11.0. The number of benzene rings is 1. The van der Waals surface area contributed by atoms with Crippen LogP contribution in [0.4, 0.5) is 5.69 Å². The van der Waals surface area contributed by atoms with Crippen molar-refractivity contribution in [2.45, 2.75) is 0 Å². The zero-order valence-electron chi connectivity index (χ0n) is 11.5. The minimum absolute atomic E-state index is 0.116. The molecular weight excluding hydrogens is 328 g/mol. The van der Waals surface area contributed by atoms with Gasteiger partial charge in [-0.1, -0.05) is 11.8 Å². The lowest BCUT2D eigenvalue weighted by Gasteiger charge is -2.06. The van der Waals surface area contributed by atoms with Gasteiger partial charge in [0.1, 0.15) is 5.75 Å². The van der Waals surface area contributed by atoms with Gasteiger partial charge >= 0.3 is 5.97 Å². The number of thioether (sulfide) groups is 1. The van der Waals surface area contributed by atoms with Crippen molar-refractivity contribution >= 4 is 40.7 Å². The Balaban J connectivity index is 2.22. The Morgan fingerprint density at radius 3 is 2.96 bits per heavy atom. The van der Waals surface area contributed by atoms with E-state index in [9.17, 15) is 19.7 Å². The van der Waals surface area contributed by atoms with Crippen LogP contribution in [0.3, 0.4) is 0 Å². The van der Waals surface area contributed by atoms with Gasteiger partial charge in [-0.15, -0.1) is 5.10 Å². The second-order valence-corrected chi connectivity index (χ2v) is 5.11. The average Bonchev–Trinajstić information content (AvgIpc) is 2.91. The second-order valence-electron chi connectivity index (χ2n) is 4.15. The normalized spacial score (nSPS) is 15.8. The lowest BCUT2D eigenvalue weighted by Crippen LogP contribution is -2.19. The molecule has 1 aliphatic rings. The Morgan fingerprint density at radius 1 is 1.57 bits per heavy atom. The van der Waals surface area contributed by atoms with Crippen molar-refractivity contribution in [2.75, 3.05) is 12.4 Å². The van der Waals surface area contributed by atoms with Gasteiger partial charge in [0.25, 0.3) is 5.69 Å². The highest BCUT2D eigenvalue weighted by Crippen LogP contribution is 2.23. The summed E-state index contributed by atoms with van der Waals surface area (Å²) in [6.45, 7) is -0.598. The Kier molecular flexibility index (Phi) is 5.25. The number of ether oxygens (including phenoxy) is 1. The largest absolute Gasteiger partial charge is 0.481 e. The van der Waals surface area contributed by atoms with Crippen LogP contribution in [0.25, 0.3) is 0 Å². The standard InChI is InChI=1S/C12H10N4O6S/c17-10-6-23-12(14-10)15-13-4-7-3-8(16(20)21)1-2-9(7)22-5-11(18)19/h1-4H,5-6H2,(H,18,19)(H,14,15,17). The predicted molar refractivity (Wildman–Crippen MR) is 81.9 cm³/mol. The van der Waals surface area contributed by atoms with Crippen LogP contribution >= 0.6 is 11.8 Å². The molecule has 0 unspecified atom stereocenters. The van der Waals surface area contributed by atoms with Crippen LogP contribution in [0.2, 0.25) is 0 Å². The molecule has 2 N–H and O–H groups in total. The van der Waals surface area contributed by atoms with E-state index in [0.717, 1.165) is 0 Å². The maximum atomic E-state index is 11.0. The summed E-state index contributed by atoms with van der Waals surface area (Å²) in [5.74, 6) is -1.01. The molecule has 0 saturated carbocycles. The number of aliphatic carboxylic acids is 1. The van der Waals surface area contributed by atoms with Crippen LogP contribution in [-0.2, 0) is 9.59 Å². The molecular formula is C12H10N4O6S. The molecule has 1 aromatic rings. The molecule has 1 aromatic carbocycles. The molecule has 11 heteroatoms. The minimum atomic E-state index is -1.18. The number of nitro groups is 1. The van der Waals surface area contributed by atoms with E-state index in [4.69, 9.17) is 9.84 Å². The van der Waals surface area contributed by atoms with Gasteiger partial charge in [-0.3, -0.25) is 14.9 Å². The first kappa shape index (κ1) is 16.4. The quantitative estimate of drug-likeness (QED) is 0.439. The first-order chi connectivity index (χ1) is 11.0. The molecule has 0 spiro atoms. The van der Waals surface area contributed by atoms with E-state index in [2.05, 4.69) is 15.5 Å². The monoisotopic (exact) mass is 338 g/mol. The topological polar surface area (TPSA) is 143 Å². The SMILES string of the molecule is O=C(O)COc1ccc([N+](=O)[O-])cc1C=NN=C1NC(=O)CS1. The number of nitrogens with one attached hydrogen (secondary N) is 1. The zero-order valence-corrected chi connectivity index (χ0v) is 12.3. The molecule has 1 fully saturated rings. The summed E-state index contributed by atoms with van der Waals surface area (Å²) in [7, 11) is 0. The van der Waals surface area contributed by atoms with Gasteiger partial charge in [0, 0.05) is 17.7 Å². The summed E-state index contributed by atoms with van der Waals surface area (Å²) in [5, 5.41) is 29.7. The number of carboxylic acid groups (broad SMARTS) is 1. The lowest BCUT2D eigenvalue weighted by molar-refractivity contribution is -0.384. The number of non-ortho nitro benzene ring substituents is 1. The fourth-order valence-corrected chi connectivity index (χ4v) is 2.17. The van der Waals surface area contributed by atoms with Crippen LogP contribution in [0.15, 0.2) is 28.4 Å². The molecule has 0 aliphatic carbocycles. The molecule has 1 heterocycles. The molecule has 120 valence electrons. The number of hydrogen-bond acceptors (Lipinski definition) is 8. The first-order valence-electron chi connectivity index (χ1n) is 6.12. The van der Waals surface area contributed by atoms with E-state index in [0.29, 0.717) is 5.17 Å². The van der Waals surface area contributed by atoms with E-state index in [1.165, 1.54) is 36.2 Å². The van der Waals surface area contributed by atoms with Gasteiger partial charge in [-0.2, -0.15) is 5.10 Å². The summed E-state index contributed by atoms with van der Waals surface area (Å²) in [4.78, 5) is 31.7. The number of amides is 1. The Morgan fingerprint density at radius 2 is 2.35 bits per heavy atom. The van der Waals surface area contributed by atoms with E-state index in [-0.39, 0.29) is 28.7 Å². The first-order valence-corrected chi connectivity index (χ1v) is 7.11. The summed E-state index contributed by atoms with van der Waals surface area (Å²) >= 11 is 1.17. The lowest BCUT2D eigenvalue weighted by atomic mass is 10.2. The number of carbonyl (C=O) groups is 2. The van der Waals surface area contributed by atoms with E-state index in [1.807, 2.05) is 0 Å². The summed E-state index contributed by atoms with van der Waals surface area (Å²) in [6, 6.07) is 3.65. The van der Waals surface area contributed by atoms with Crippen molar-refractivity contribution < 1.29 is 24.4 Å². The van der Waals surface area contributed by atoms with Gasteiger partial charge in [-0.05, 0) is 6.07 Å². The van der Waals surface area contributed by atoms with Gasteiger partial charge in [0.05, 0.1) is 16.9 Å². The van der Waals surface area contributed by atoms with Crippen molar-refractivity contribution in [3.63, 3.8) is 0 Å². The summed E-state index contributed by atoms with van der Waals surface area (Å²) < 4.78 is 5.04. The minimum Gasteiger partial charge on any atom is -0.481 e. The fraction of sp³-hybridized carbons (Fsp3) is 0.167. The maximum Gasteiger partial charge on any atom is 0.341 e. The number of hydrogen-bond donors (Lipinski definition) is 2. The molecule has 0 aromatic heterocycles. The highest BCUT2D eigenvalue weighted by Gasteiger charge is 2.16. The molecule has 2 rings (SSSR count). The summed E-state index contributed by atoms with van der Waals surface area (Å²) in [6.07, 6.45) is 1.18. The van der Waals surface area contributed by atoms with Crippen molar-refractivity contribution in [2.24, 2.45) is 10.2 Å². The highest BCUT2D eigenvalue weighted by atomic mass is 32.2. The highest BCUT2D eigenvalue weighted by molar-refractivity contribution is 8.15. The second kappa shape index (κ2) is 7.35. The van der Waals surface area contributed by atoms with Crippen LogP contribution in [0.1, 0.15) is 5.56 Å². The number of carbonyl (C=O) groups excluding carboxylic acids is 1. The van der Waals surface area contributed by atoms with Crippen molar-refractivity contribution in [3.8, 4) is 5.75 Å². The predicted octanol–water partition coefficient (Wildman–Crippen LogP) is 0.611. The van der Waals surface area contributed by atoms with Gasteiger partial charge in [-0.25, -0.2) is 4.79 Å². The Labute approximate surface area is 133 Å². The number of nitro benzene ring substituents is 1. The Bertz CT molecular complexity index is 718. The smallest absolute Gasteiger partial charge is 0.341 e. The van der Waals surface area contributed by atoms with Crippen LogP contribution in [0.5, 0.6) is 5.75 Å². The summed E-state index contributed by atoms with van der Waals surface area (Å²) in [5.41, 5.74) is -0.00977. The van der Waals surface area contributed by atoms with E-state index >= 15 is 0 Å². The fourth-order valence-electron chi connectivity index (χ4n) is 1.54. The molecule has 1 aliphatic heterocycles. The third-order valence-corrected chi connectivity index (χ3v) is 3.35. The van der Waals surface area contributed by atoms with E-state index in [1.54, 1.807) is 0 Å². The number of rotatable bonds is 6. The number of amidine groups is 1.